The fourth-order valence-corrected chi connectivity index (χ4v) is 3.53. The number of piperazine rings is 1. The van der Waals surface area contributed by atoms with Crippen LogP contribution in [0.2, 0.25) is 0 Å². The maximum absolute atomic E-state index is 12.3. The second-order valence-electron chi connectivity index (χ2n) is 7.40. The van der Waals surface area contributed by atoms with Gasteiger partial charge in [-0.3, -0.25) is 0 Å². The lowest BCUT2D eigenvalue weighted by Gasteiger charge is -2.35. The van der Waals surface area contributed by atoms with Gasteiger partial charge in [0.15, 0.2) is 11.5 Å². The Balaban J connectivity index is 1.47. The third-order valence-corrected chi connectivity index (χ3v) is 5.46. The number of rotatable bonds is 5. The quantitative estimate of drug-likeness (QED) is 0.819. The molecule has 1 aliphatic heterocycles. The van der Waals surface area contributed by atoms with Crippen LogP contribution in [0.15, 0.2) is 18.2 Å². The number of carbonyl (C=O) groups is 1. The van der Waals surface area contributed by atoms with Crippen molar-refractivity contribution < 1.29 is 14.3 Å². The molecule has 2 aromatic rings. The zero-order valence-electron chi connectivity index (χ0n) is 16.4. The summed E-state index contributed by atoms with van der Waals surface area (Å²) in [5.74, 6) is 2.75. The van der Waals surface area contributed by atoms with Crippen molar-refractivity contribution in [3.05, 3.63) is 18.2 Å². The molecular weight excluding hydrogens is 358 g/mol. The normalized spacial score (nSPS) is 16.9. The number of nitrogen functional groups attached to an aromatic ring is 1. The summed E-state index contributed by atoms with van der Waals surface area (Å²) < 4.78 is 10.7. The molecule has 8 heteroatoms. The molecule has 0 bridgehead atoms. The first-order valence-corrected chi connectivity index (χ1v) is 9.69. The molecule has 1 aromatic carbocycles. The highest BCUT2D eigenvalue weighted by Crippen LogP contribution is 2.35. The highest BCUT2D eigenvalue weighted by Gasteiger charge is 2.25. The molecule has 150 valence electrons. The van der Waals surface area contributed by atoms with Crippen LogP contribution >= 0.6 is 0 Å². The van der Waals surface area contributed by atoms with Gasteiger partial charge in [-0.2, -0.15) is 0 Å². The zero-order valence-corrected chi connectivity index (χ0v) is 16.4. The molecule has 2 aliphatic rings. The molecule has 3 N–H and O–H groups in total. The van der Waals surface area contributed by atoms with E-state index in [-0.39, 0.29) is 6.03 Å². The average molecular weight is 385 g/mol. The minimum absolute atomic E-state index is 0.0364. The zero-order chi connectivity index (χ0) is 19.7. The summed E-state index contributed by atoms with van der Waals surface area (Å²) in [6.07, 6.45) is 2.47. The van der Waals surface area contributed by atoms with Gasteiger partial charge in [0.05, 0.1) is 19.7 Å². The summed E-state index contributed by atoms with van der Waals surface area (Å²) in [4.78, 5) is 21.1. The van der Waals surface area contributed by atoms with Gasteiger partial charge < -0.3 is 30.3 Å². The van der Waals surface area contributed by atoms with Crippen molar-refractivity contribution in [3.63, 3.8) is 0 Å². The summed E-state index contributed by atoms with van der Waals surface area (Å²) in [7, 11) is 3.20. The lowest BCUT2D eigenvalue weighted by Crippen LogP contribution is -2.52. The van der Waals surface area contributed by atoms with E-state index in [1.807, 2.05) is 23.1 Å². The van der Waals surface area contributed by atoms with Crippen molar-refractivity contribution in [1.82, 2.24) is 15.2 Å². The van der Waals surface area contributed by atoms with Crippen molar-refractivity contribution in [2.75, 3.05) is 57.6 Å². The van der Waals surface area contributed by atoms with E-state index < -0.39 is 0 Å². The first kappa shape index (κ1) is 18.5. The van der Waals surface area contributed by atoms with Crippen molar-refractivity contribution >= 4 is 28.4 Å². The summed E-state index contributed by atoms with van der Waals surface area (Å²) >= 11 is 0. The number of pyridine rings is 1. The smallest absolute Gasteiger partial charge is 0.317 e. The van der Waals surface area contributed by atoms with E-state index >= 15 is 0 Å². The number of urea groups is 1. The van der Waals surface area contributed by atoms with E-state index in [0.29, 0.717) is 36.2 Å². The van der Waals surface area contributed by atoms with Crippen LogP contribution in [-0.4, -0.2) is 62.9 Å². The average Bonchev–Trinajstić information content (AvgIpc) is 3.55. The van der Waals surface area contributed by atoms with Crippen LogP contribution in [-0.2, 0) is 0 Å². The molecule has 0 radical (unpaired) electrons. The standard InChI is InChI=1S/C20H27N5O3/c1-27-17-9-14-15(21)10-19(23-16(14)11-18(17)28-2)24-5-7-25(8-6-24)20(26)22-12-13-3-4-13/h9-11,13H,3-8,12H2,1-2H3,(H2,21,23)(H,22,26). The van der Waals surface area contributed by atoms with E-state index in [1.54, 1.807) is 14.2 Å². The Morgan fingerprint density at radius 2 is 1.82 bits per heavy atom. The number of anilines is 2. The maximum Gasteiger partial charge on any atom is 0.317 e. The molecule has 0 unspecified atom stereocenters. The van der Waals surface area contributed by atoms with Gasteiger partial charge >= 0.3 is 6.03 Å². The van der Waals surface area contributed by atoms with Crippen LogP contribution < -0.4 is 25.4 Å². The lowest BCUT2D eigenvalue weighted by molar-refractivity contribution is 0.194. The predicted octanol–water partition coefficient (Wildman–Crippen LogP) is 2.08. The Labute approximate surface area is 164 Å². The van der Waals surface area contributed by atoms with Gasteiger partial charge in [0.25, 0.3) is 0 Å². The summed E-state index contributed by atoms with van der Waals surface area (Å²) in [5, 5.41) is 3.87. The van der Waals surface area contributed by atoms with E-state index in [4.69, 9.17) is 20.2 Å². The number of nitrogens with two attached hydrogens (primary N) is 1. The van der Waals surface area contributed by atoms with E-state index in [9.17, 15) is 4.79 Å². The number of nitrogens with zero attached hydrogens (tertiary/aromatic N) is 3. The van der Waals surface area contributed by atoms with E-state index in [2.05, 4.69) is 10.2 Å². The van der Waals surface area contributed by atoms with Gasteiger partial charge in [-0.25, -0.2) is 9.78 Å². The first-order valence-electron chi connectivity index (χ1n) is 9.69. The van der Waals surface area contributed by atoms with Gasteiger partial charge in [-0.15, -0.1) is 0 Å². The van der Waals surface area contributed by atoms with Crippen LogP contribution in [0.5, 0.6) is 11.5 Å². The molecule has 0 spiro atoms. The summed E-state index contributed by atoms with van der Waals surface area (Å²) in [6, 6.07) is 5.61. The Kier molecular flexibility index (Phi) is 5.02. The van der Waals surface area contributed by atoms with Crippen molar-refractivity contribution in [3.8, 4) is 11.5 Å². The number of fused-ring (bicyclic) bond motifs is 1. The van der Waals surface area contributed by atoms with Crippen LogP contribution in [0.25, 0.3) is 10.9 Å². The number of hydrogen-bond acceptors (Lipinski definition) is 6. The van der Waals surface area contributed by atoms with Gasteiger partial charge in [-0.05, 0) is 24.8 Å². The number of amides is 2. The third-order valence-electron chi connectivity index (χ3n) is 5.46. The number of ether oxygens (including phenoxy) is 2. The van der Waals surface area contributed by atoms with Crippen molar-refractivity contribution in [2.45, 2.75) is 12.8 Å². The molecule has 1 aromatic heterocycles. The summed E-state index contributed by atoms with van der Waals surface area (Å²) in [6.45, 7) is 3.58. The Hall–Kier alpha value is -2.90. The van der Waals surface area contributed by atoms with E-state index in [1.165, 1.54) is 12.8 Å². The topological polar surface area (TPSA) is 93.0 Å². The molecular formula is C20H27N5O3. The first-order chi connectivity index (χ1) is 13.6. The molecule has 0 atom stereocenters. The molecule has 1 aliphatic carbocycles. The number of hydrogen-bond donors (Lipinski definition) is 2. The SMILES string of the molecule is COc1cc2nc(N3CCN(C(=O)NCC4CC4)CC3)cc(N)c2cc1OC. The number of nitrogens with one attached hydrogen (secondary N) is 1. The molecule has 8 nitrogen and oxygen atoms in total. The second kappa shape index (κ2) is 7.61. The lowest BCUT2D eigenvalue weighted by atomic mass is 10.1. The number of aromatic nitrogens is 1. The van der Waals surface area contributed by atoms with Crippen molar-refractivity contribution in [2.24, 2.45) is 5.92 Å². The van der Waals surface area contributed by atoms with Crippen LogP contribution in [0.4, 0.5) is 16.3 Å². The maximum atomic E-state index is 12.3. The van der Waals surface area contributed by atoms with Gasteiger partial charge in [-0.1, -0.05) is 0 Å². The number of benzene rings is 1. The van der Waals surface area contributed by atoms with Crippen LogP contribution in [0, 0.1) is 5.92 Å². The van der Waals surface area contributed by atoms with Crippen molar-refractivity contribution in [1.29, 1.82) is 0 Å². The van der Waals surface area contributed by atoms with Gasteiger partial charge in [0.1, 0.15) is 5.82 Å². The van der Waals surface area contributed by atoms with Crippen LogP contribution in [0.1, 0.15) is 12.8 Å². The second-order valence-corrected chi connectivity index (χ2v) is 7.40. The Morgan fingerprint density at radius 3 is 2.46 bits per heavy atom. The third kappa shape index (κ3) is 3.72. The fraction of sp³-hybridized carbons (Fsp3) is 0.500. The Morgan fingerprint density at radius 1 is 1.14 bits per heavy atom. The molecule has 2 heterocycles. The molecule has 2 fully saturated rings. The minimum Gasteiger partial charge on any atom is -0.493 e. The molecule has 1 saturated heterocycles. The fourth-order valence-electron chi connectivity index (χ4n) is 3.53. The molecule has 1 saturated carbocycles. The molecule has 2 amide bonds. The highest BCUT2D eigenvalue weighted by atomic mass is 16.5. The molecule has 28 heavy (non-hydrogen) atoms. The molecule has 4 rings (SSSR count). The van der Waals surface area contributed by atoms with Gasteiger partial charge in [0, 0.05) is 55.9 Å². The van der Waals surface area contributed by atoms with Crippen LogP contribution in [0.3, 0.4) is 0 Å². The van der Waals surface area contributed by atoms with E-state index in [0.717, 1.165) is 36.4 Å². The predicted molar refractivity (Wildman–Crippen MR) is 109 cm³/mol. The number of methoxy groups -OCH3 is 2. The van der Waals surface area contributed by atoms with Gasteiger partial charge in [0.2, 0.25) is 0 Å². The number of carbonyl (C=O) groups excluding carboxylic acids is 1. The largest absolute Gasteiger partial charge is 0.493 e. The summed E-state index contributed by atoms with van der Waals surface area (Å²) in [5.41, 5.74) is 7.70. The Bertz CT molecular complexity index is 876. The minimum atomic E-state index is 0.0364. The highest BCUT2D eigenvalue weighted by molar-refractivity contribution is 5.94. The monoisotopic (exact) mass is 385 g/mol.